The van der Waals surface area contributed by atoms with Crippen molar-refractivity contribution in [3.63, 3.8) is 0 Å². The molecule has 4 nitrogen and oxygen atoms in total. The second-order valence-corrected chi connectivity index (χ2v) is 4.87. The van der Waals surface area contributed by atoms with Crippen molar-refractivity contribution >= 4 is 23.1 Å². The topological polar surface area (TPSA) is 54.2 Å². The van der Waals surface area contributed by atoms with Crippen LogP contribution < -0.4 is 16.2 Å². The van der Waals surface area contributed by atoms with Crippen molar-refractivity contribution in [1.82, 2.24) is 4.98 Å². The molecule has 0 amide bonds. The Kier molecular flexibility index (Phi) is 4.24. The van der Waals surface area contributed by atoms with Crippen LogP contribution in [0.25, 0.3) is 0 Å². The highest BCUT2D eigenvalue weighted by Crippen LogP contribution is 2.21. The molecule has 0 aliphatic carbocycles. The number of rotatable bonds is 4. The van der Waals surface area contributed by atoms with Gasteiger partial charge >= 0.3 is 0 Å². The predicted molar refractivity (Wildman–Crippen MR) is 80.3 cm³/mol. The molecule has 0 aliphatic heterocycles. The summed E-state index contributed by atoms with van der Waals surface area (Å²) < 4.78 is 0. The second-order valence-electron chi connectivity index (χ2n) is 4.46. The summed E-state index contributed by atoms with van der Waals surface area (Å²) >= 11 is 6.16. The number of nitrogens with two attached hydrogens (primary N) is 1. The molecule has 3 N–H and O–H groups in total. The zero-order valence-corrected chi connectivity index (χ0v) is 11.8. The summed E-state index contributed by atoms with van der Waals surface area (Å²) in [5.41, 5.74) is 5.67. The van der Waals surface area contributed by atoms with Gasteiger partial charge in [0.05, 0.1) is 17.3 Å². The van der Waals surface area contributed by atoms with Crippen LogP contribution in [0.1, 0.15) is 11.3 Å². The second kappa shape index (κ2) is 5.91. The van der Waals surface area contributed by atoms with Crippen LogP contribution in [0, 0.1) is 6.92 Å². The maximum absolute atomic E-state index is 6.16. The van der Waals surface area contributed by atoms with E-state index in [4.69, 9.17) is 17.4 Å². The van der Waals surface area contributed by atoms with E-state index in [-0.39, 0.29) is 0 Å². The van der Waals surface area contributed by atoms with Crippen molar-refractivity contribution in [2.24, 2.45) is 5.84 Å². The summed E-state index contributed by atoms with van der Waals surface area (Å²) in [5, 5.41) is 0.638. The first-order valence-corrected chi connectivity index (χ1v) is 6.38. The first kappa shape index (κ1) is 13.6. The fourth-order valence-electron chi connectivity index (χ4n) is 1.86. The fraction of sp³-hybridized carbons (Fsp3) is 0.214. The number of nitrogens with zero attached hydrogens (tertiary/aromatic N) is 2. The van der Waals surface area contributed by atoms with Crippen molar-refractivity contribution in [1.29, 1.82) is 0 Å². The summed E-state index contributed by atoms with van der Waals surface area (Å²) in [7, 11) is 2.01. The molecule has 0 spiro atoms. The zero-order valence-electron chi connectivity index (χ0n) is 11.0. The van der Waals surface area contributed by atoms with Gasteiger partial charge in [-0.2, -0.15) is 0 Å². The Morgan fingerprint density at radius 2 is 2.11 bits per heavy atom. The Morgan fingerprint density at radius 3 is 2.79 bits per heavy atom. The number of hydrazine groups is 1. The van der Waals surface area contributed by atoms with Crippen LogP contribution in [0.4, 0.5) is 11.5 Å². The highest BCUT2D eigenvalue weighted by Gasteiger charge is 2.08. The Bertz CT molecular complexity index is 571. The zero-order chi connectivity index (χ0) is 13.8. The van der Waals surface area contributed by atoms with Gasteiger partial charge in [0.1, 0.15) is 5.82 Å². The molecule has 2 aromatic rings. The van der Waals surface area contributed by atoms with Gasteiger partial charge < -0.3 is 10.3 Å². The standard InChI is InChI=1S/C14H17ClN4/c1-10-4-3-5-11(8-10)19(2)9-13-12(15)6-7-14(17-13)18-16/h3-8H,9,16H2,1-2H3,(H,17,18). The Labute approximate surface area is 118 Å². The molecule has 1 heterocycles. The van der Waals surface area contributed by atoms with Crippen LogP contribution >= 0.6 is 11.6 Å². The SMILES string of the molecule is Cc1cccc(N(C)Cc2nc(NN)ccc2Cl)c1. The van der Waals surface area contributed by atoms with Crippen molar-refractivity contribution < 1.29 is 0 Å². The summed E-state index contributed by atoms with van der Waals surface area (Å²) in [4.78, 5) is 6.47. The van der Waals surface area contributed by atoms with Gasteiger partial charge in [-0.15, -0.1) is 0 Å². The quantitative estimate of drug-likeness (QED) is 0.666. The van der Waals surface area contributed by atoms with Gasteiger partial charge in [-0.25, -0.2) is 10.8 Å². The summed E-state index contributed by atoms with van der Waals surface area (Å²) in [6.45, 7) is 2.69. The molecule has 0 aliphatic rings. The van der Waals surface area contributed by atoms with Crippen molar-refractivity contribution in [3.8, 4) is 0 Å². The molecule has 0 saturated carbocycles. The van der Waals surface area contributed by atoms with E-state index < -0.39 is 0 Å². The minimum atomic E-state index is 0.608. The van der Waals surface area contributed by atoms with Crippen molar-refractivity contribution in [3.05, 3.63) is 52.7 Å². The Balaban J connectivity index is 2.21. The number of nitrogens with one attached hydrogen (secondary N) is 1. The van der Waals surface area contributed by atoms with E-state index in [1.165, 1.54) is 5.56 Å². The van der Waals surface area contributed by atoms with Gasteiger partial charge in [-0.05, 0) is 36.8 Å². The maximum Gasteiger partial charge on any atom is 0.140 e. The third kappa shape index (κ3) is 3.36. The van der Waals surface area contributed by atoms with Gasteiger partial charge in [0, 0.05) is 12.7 Å². The van der Waals surface area contributed by atoms with E-state index >= 15 is 0 Å². The average molecular weight is 277 g/mol. The molecule has 5 heteroatoms. The Hall–Kier alpha value is -1.78. The lowest BCUT2D eigenvalue weighted by atomic mass is 10.2. The molecule has 2 rings (SSSR count). The number of anilines is 2. The van der Waals surface area contributed by atoms with Crippen LogP contribution in [-0.4, -0.2) is 12.0 Å². The lowest BCUT2D eigenvalue weighted by molar-refractivity contribution is 0.884. The smallest absolute Gasteiger partial charge is 0.140 e. The highest BCUT2D eigenvalue weighted by atomic mass is 35.5. The van der Waals surface area contributed by atoms with Gasteiger partial charge in [0.15, 0.2) is 0 Å². The fourth-order valence-corrected chi connectivity index (χ4v) is 2.02. The van der Waals surface area contributed by atoms with Gasteiger partial charge in [-0.1, -0.05) is 23.7 Å². The monoisotopic (exact) mass is 276 g/mol. The van der Waals surface area contributed by atoms with E-state index in [2.05, 4.69) is 40.4 Å². The molecule has 0 bridgehead atoms. The van der Waals surface area contributed by atoms with Crippen LogP contribution in [-0.2, 0) is 6.54 Å². The Morgan fingerprint density at radius 1 is 1.32 bits per heavy atom. The third-order valence-corrected chi connectivity index (χ3v) is 3.24. The van der Waals surface area contributed by atoms with E-state index in [1.807, 2.05) is 13.1 Å². The molecule has 0 atom stereocenters. The van der Waals surface area contributed by atoms with E-state index in [0.29, 0.717) is 17.4 Å². The minimum absolute atomic E-state index is 0.608. The highest BCUT2D eigenvalue weighted by molar-refractivity contribution is 6.31. The van der Waals surface area contributed by atoms with E-state index in [1.54, 1.807) is 12.1 Å². The molecule has 0 unspecified atom stereocenters. The molecule has 100 valence electrons. The molecular formula is C14H17ClN4. The molecule has 0 fully saturated rings. The summed E-state index contributed by atoms with van der Waals surface area (Å²) in [6, 6.07) is 11.8. The summed E-state index contributed by atoms with van der Waals surface area (Å²) in [6.07, 6.45) is 0. The van der Waals surface area contributed by atoms with Crippen LogP contribution in [0.5, 0.6) is 0 Å². The number of aryl methyl sites for hydroxylation is 1. The molecule has 1 aromatic carbocycles. The van der Waals surface area contributed by atoms with E-state index in [9.17, 15) is 0 Å². The van der Waals surface area contributed by atoms with Crippen LogP contribution in [0.2, 0.25) is 5.02 Å². The molecule has 0 saturated heterocycles. The number of nitrogen functional groups attached to an aromatic ring is 1. The van der Waals surface area contributed by atoms with Gasteiger partial charge in [-0.3, -0.25) is 0 Å². The molecule has 0 radical (unpaired) electrons. The van der Waals surface area contributed by atoms with Gasteiger partial charge in [0.25, 0.3) is 0 Å². The van der Waals surface area contributed by atoms with Crippen molar-refractivity contribution in [2.75, 3.05) is 17.4 Å². The number of hydrogen-bond donors (Lipinski definition) is 2. The number of aromatic nitrogens is 1. The van der Waals surface area contributed by atoms with Crippen LogP contribution in [0.15, 0.2) is 36.4 Å². The first-order chi connectivity index (χ1) is 9.10. The lowest BCUT2D eigenvalue weighted by Gasteiger charge is -2.20. The number of hydrogen-bond acceptors (Lipinski definition) is 4. The van der Waals surface area contributed by atoms with E-state index in [0.717, 1.165) is 11.4 Å². The van der Waals surface area contributed by atoms with Crippen LogP contribution in [0.3, 0.4) is 0 Å². The molecule has 19 heavy (non-hydrogen) atoms. The van der Waals surface area contributed by atoms with Crippen molar-refractivity contribution in [2.45, 2.75) is 13.5 Å². The molecule has 1 aromatic heterocycles. The largest absolute Gasteiger partial charge is 0.369 e. The normalized spacial score (nSPS) is 10.3. The molecular weight excluding hydrogens is 260 g/mol. The number of pyridine rings is 1. The number of halogens is 1. The van der Waals surface area contributed by atoms with Gasteiger partial charge in [0.2, 0.25) is 0 Å². The predicted octanol–water partition coefficient (Wildman–Crippen LogP) is 2.97. The number of benzene rings is 1. The summed E-state index contributed by atoms with van der Waals surface area (Å²) in [5.74, 6) is 5.97. The third-order valence-electron chi connectivity index (χ3n) is 2.90. The minimum Gasteiger partial charge on any atom is -0.369 e. The maximum atomic E-state index is 6.16. The average Bonchev–Trinajstić information content (AvgIpc) is 2.41. The first-order valence-electron chi connectivity index (χ1n) is 6.00. The lowest BCUT2D eigenvalue weighted by Crippen LogP contribution is -2.18.